The zero-order chi connectivity index (χ0) is 19.9. The van der Waals surface area contributed by atoms with E-state index in [9.17, 15) is 19.2 Å². The second kappa shape index (κ2) is 13.6. The van der Waals surface area contributed by atoms with Crippen molar-refractivity contribution in [1.29, 1.82) is 0 Å². The van der Waals surface area contributed by atoms with E-state index in [1.54, 1.807) is 29.9 Å². The average molecular weight is 411 g/mol. The van der Waals surface area contributed by atoms with Crippen molar-refractivity contribution in [3.63, 3.8) is 0 Å². The van der Waals surface area contributed by atoms with Crippen LogP contribution in [-0.2, 0) is 9.59 Å². The highest BCUT2D eigenvalue weighted by molar-refractivity contribution is 7.80. The summed E-state index contributed by atoms with van der Waals surface area (Å²) in [5, 5.41) is 7.18. The van der Waals surface area contributed by atoms with Gasteiger partial charge in [0.15, 0.2) is 5.11 Å². The summed E-state index contributed by atoms with van der Waals surface area (Å²) in [6.45, 7) is 0.332. The van der Waals surface area contributed by atoms with Crippen molar-refractivity contribution >= 4 is 40.4 Å². The molecular weight excluding hydrogens is 388 g/mol. The van der Waals surface area contributed by atoms with Crippen LogP contribution in [0.15, 0.2) is 45.6 Å². The first-order valence-corrected chi connectivity index (χ1v) is 9.61. The second-order valence-electron chi connectivity index (χ2n) is 5.41. The van der Waals surface area contributed by atoms with Crippen LogP contribution in [0.5, 0.6) is 0 Å². The Morgan fingerprint density at radius 1 is 0.926 bits per heavy atom. The van der Waals surface area contributed by atoms with Gasteiger partial charge in [0.05, 0.1) is 6.54 Å². The van der Waals surface area contributed by atoms with E-state index in [1.807, 2.05) is 0 Å². The number of rotatable bonds is 0. The molecule has 2 aromatic heterocycles. The Hall–Kier alpha value is -2.59. The summed E-state index contributed by atoms with van der Waals surface area (Å²) in [7, 11) is 0. The molecule has 4 N–H and O–H groups in total. The Kier molecular flexibility index (Phi) is 11.3. The van der Waals surface area contributed by atoms with Crippen molar-refractivity contribution in [1.82, 2.24) is 20.6 Å². The SMILES string of the molecule is O=C1CCCCC1.O=C1CNC(=S)N1.O=c1[nH]ccs1.O=c1cccc[nH]1. The summed E-state index contributed by atoms with van der Waals surface area (Å²) in [6.07, 6.45) is 8.46. The van der Waals surface area contributed by atoms with Gasteiger partial charge in [-0.2, -0.15) is 0 Å². The first-order valence-electron chi connectivity index (χ1n) is 8.32. The maximum atomic E-state index is 10.5. The topological polar surface area (TPSA) is 124 Å². The molecule has 27 heavy (non-hydrogen) atoms. The van der Waals surface area contributed by atoms with Gasteiger partial charge in [-0.25, -0.2) is 0 Å². The number of thiazole rings is 1. The van der Waals surface area contributed by atoms with Crippen molar-refractivity contribution in [3.05, 3.63) is 56.0 Å². The van der Waals surface area contributed by atoms with Gasteiger partial charge in [-0.1, -0.05) is 23.8 Å². The Morgan fingerprint density at radius 2 is 1.67 bits per heavy atom. The van der Waals surface area contributed by atoms with Gasteiger partial charge < -0.3 is 20.6 Å². The fourth-order valence-corrected chi connectivity index (χ4v) is 2.51. The van der Waals surface area contributed by atoms with Crippen LogP contribution in [0.25, 0.3) is 0 Å². The van der Waals surface area contributed by atoms with Gasteiger partial charge in [0.2, 0.25) is 11.5 Å². The molecule has 1 saturated carbocycles. The number of aromatic nitrogens is 2. The fourth-order valence-electron chi connectivity index (χ4n) is 1.93. The highest BCUT2D eigenvalue weighted by atomic mass is 32.1. The first-order chi connectivity index (χ1) is 13.0. The summed E-state index contributed by atoms with van der Waals surface area (Å²) in [5.41, 5.74) is -0.0532. The number of ketones is 1. The molecule has 0 aromatic carbocycles. The highest BCUT2D eigenvalue weighted by Gasteiger charge is 2.10. The molecule has 1 aliphatic heterocycles. The van der Waals surface area contributed by atoms with Crippen LogP contribution in [-0.4, -0.2) is 33.3 Å². The lowest BCUT2D eigenvalue weighted by molar-refractivity contribution is -0.120. The van der Waals surface area contributed by atoms with Gasteiger partial charge in [0, 0.05) is 36.7 Å². The predicted octanol–water partition coefficient (Wildman–Crippen LogP) is 1.32. The van der Waals surface area contributed by atoms with E-state index >= 15 is 0 Å². The number of Topliss-reactive ketones (excluding diaryl/α,β-unsaturated/α-hetero) is 1. The lowest BCUT2D eigenvalue weighted by atomic mass is 10.00. The molecule has 146 valence electrons. The van der Waals surface area contributed by atoms with Gasteiger partial charge in [0.25, 0.3) is 0 Å². The Morgan fingerprint density at radius 3 is 1.89 bits per heavy atom. The quantitative estimate of drug-likeness (QED) is 0.486. The van der Waals surface area contributed by atoms with Crippen molar-refractivity contribution < 1.29 is 9.59 Å². The largest absolute Gasteiger partial charge is 0.353 e. The number of aromatic amines is 2. The van der Waals surface area contributed by atoms with E-state index < -0.39 is 0 Å². The number of H-pyrrole nitrogens is 2. The van der Waals surface area contributed by atoms with Gasteiger partial charge in [-0.15, -0.1) is 0 Å². The van der Waals surface area contributed by atoms with Gasteiger partial charge in [0.1, 0.15) is 5.78 Å². The molecule has 2 fully saturated rings. The summed E-state index contributed by atoms with van der Waals surface area (Å²) >= 11 is 5.72. The van der Waals surface area contributed by atoms with Gasteiger partial charge >= 0.3 is 4.87 Å². The minimum Gasteiger partial charge on any atom is -0.353 e. The van der Waals surface area contributed by atoms with Crippen LogP contribution in [0.3, 0.4) is 0 Å². The highest BCUT2D eigenvalue weighted by Crippen LogP contribution is 2.12. The predicted molar refractivity (Wildman–Crippen MR) is 109 cm³/mol. The molecule has 0 unspecified atom stereocenters. The van der Waals surface area contributed by atoms with Crippen LogP contribution >= 0.6 is 23.6 Å². The molecule has 1 amide bonds. The molecular formula is C17H22N4O4S2. The standard InChI is InChI=1S/C6H10O.C5H5NO.C3H4N2OS.C3H3NOS/c7-6-4-2-1-3-5-6;7-5-3-1-2-4-6-5;6-2-1-4-3(7)5-2;5-3-4-1-2-6-3/h1-5H2;1-4H,(H,6,7);1H2,(H2,4,5,6,7);1-2H,(H,4,5). The molecule has 2 aliphatic rings. The second-order valence-corrected chi connectivity index (χ2v) is 6.70. The zero-order valence-corrected chi connectivity index (χ0v) is 16.3. The first kappa shape index (κ1) is 22.5. The lowest BCUT2D eigenvalue weighted by Crippen LogP contribution is -2.21. The molecule has 0 bridgehead atoms. The number of carbonyl (C=O) groups excluding carboxylic acids is 2. The number of hydrogen-bond donors (Lipinski definition) is 4. The third kappa shape index (κ3) is 12.4. The van der Waals surface area contributed by atoms with Crippen LogP contribution in [0.1, 0.15) is 32.1 Å². The normalized spacial score (nSPS) is 14.9. The fraction of sp³-hybridized carbons (Fsp3) is 0.353. The summed E-state index contributed by atoms with van der Waals surface area (Å²) < 4.78 is 0. The number of pyridine rings is 1. The molecule has 2 aromatic rings. The molecule has 0 atom stereocenters. The zero-order valence-electron chi connectivity index (χ0n) is 14.7. The van der Waals surface area contributed by atoms with Crippen molar-refractivity contribution in [2.75, 3.05) is 6.54 Å². The molecule has 1 saturated heterocycles. The molecule has 0 radical (unpaired) electrons. The molecule has 1 aliphatic carbocycles. The molecule has 0 spiro atoms. The number of nitrogens with one attached hydrogen (secondary N) is 4. The third-order valence-corrected chi connectivity index (χ3v) is 4.05. The summed E-state index contributed by atoms with van der Waals surface area (Å²) in [6, 6.07) is 4.93. The summed E-state index contributed by atoms with van der Waals surface area (Å²) in [5.74, 6) is 0.413. The lowest BCUT2D eigenvalue weighted by Gasteiger charge is -2.05. The number of amides is 1. The van der Waals surface area contributed by atoms with Crippen LogP contribution in [0.4, 0.5) is 0 Å². The average Bonchev–Trinajstić information content (AvgIpc) is 3.28. The summed E-state index contributed by atoms with van der Waals surface area (Å²) in [4.78, 5) is 45.8. The minimum atomic E-state index is -0.0532. The van der Waals surface area contributed by atoms with E-state index in [1.165, 1.54) is 23.8 Å². The van der Waals surface area contributed by atoms with E-state index in [0.29, 0.717) is 17.4 Å². The Balaban J connectivity index is 0.000000180. The molecule has 8 nitrogen and oxygen atoms in total. The smallest absolute Gasteiger partial charge is 0.304 e. The van der Waals surface area contributed by atoms with E-state index in [0.717, 1.165) is 25.7 Å². The van der Waals surface area contributed by atoms with Gasteiger partial charge in [-0.3, -0.25) is 19.2 Å². The number of thiocarbonyl (C=S) groups is 1. The van der Waals surface area contributed by atoms with Crippen LogP contribution in [0, 0.1) is 0 Å². The Bertz CT molecular complexity index is 772. The maximum absolute atomic E-state index is 10.5. The van der Waals surface area contributed by atoms with E-state index in [2.05, 4.69) is 32.8 Å². The number of hydrogen-bond acceptors (Lipinski definition) is 6. The van der Waals surface area contributed by atoms with Crippen LogP contribution in [0.2, 0.25) is 0 Å². The van der Waals surface area contributed by atoms with E-state index in [4.69, 9.17) is 0 Å². The third-order valence-electron chi connectivity index (χ3n) is 3.20. The van der Waals surface area contributed by atoms with Crippen LogP contribution < -0.4 is 21.1 Å². The molecule has 4 rings (SSSR count). The van der Waals surface area contributed by atoms with Crippen molar-refractivity contribution in [2.45, 2.75) is 32.1 Å². The maximum Gasteiger partial charge on any atom is 0.304 e. The monoisotopic (exact) mass is 410 g/mol. The Labute approximate surface area is 165 Å². The number of carbonyl (C=O) groups is 2. The van der Waals surface area contributed by atoms with Crippen molar-refractivity contribution in [3.8, 4) is 0 Å². The van der Waals surface area contributed by atoms with Crippen molar-refractivity contribution in [2.24, 2.45) is 0 Å². The van der Waals surface area contributed by atoms with Gasteiger partial charge in [-0.05, 0) is 31.1 Å². The minimum absolute atomic E-state index is 0.00926. The van der Waals surface area contributed by atoms with E-state index in [-0.39, 0.29) is 16.3 Å². The molecule has 10 heteroatoms. The molecule has 3 heterocycles.